The molecule has 4 aromatic rings. The Kier molecular flexibility index (Phi) is 20.3. The largest absolute Gasteiger partial charge is 1.00 e. The predicted octanol–water partition coefficient (Wildman–Crippen LogP) is 2.14. The zero-order chi connectivity index (χ0) is 46.3. The molecule has 2 aliphatic carbocycles. The van der Waals surface area contributed by atoms with Crippen molar-refractivity contribution in [2.24, 2.45) is 23.3 Å². The average molecular weight is 925 g/mol. The van der Waals surface area contributed by atoms with Gasteiger partial charge in [0.25, 0.3) is 11.8 Å². The molecular weight excluding hydrogens is 864 g/mol. The molecule has 2 saturated carbocycles. The van der Waals surface area contributed by atoms with E-state index < -0.39 is 43.2 Å². The van der Waals surface area contributed by atoms with Crippen LogP contribution in [0.1, 0.15) is 138 Å². The monoisotopic (exact) mass is 925 g/mol. The predicted molar refractivity (Wildman–Crippen MR) is 254 cm³/mol. The van der Waals surface area contributed by atoms with Crippen LogP contribution < -0.4 is 62.6 Å². The Bertz CT molecular complexity index is 2430. The number of nitrogens with two attached hydrogens (primary N) is 2. The topological polar surface area (TPSA) is 268 Å². The van der Waals surface area contributed by atoms with Crippen molar-refractivity contribution in [3.05, 3.63) is 71.5 Å². The van der Waals surface area contributed by atoms with Crippen LogP contribution in [0.4, 0.5) is 23.0 Å². The fourth-order valence-corrected chi connectivity index (χ4v) is 8.22. The Balaban J connectivity index is 0.000000453. The SMILES string of the molecule is C.CCOB(O)c1cccc(Nc2nn(C3CCCC[C@@H]3C#N)cc2C(N)=O)c1.COC(=O)c1ccc(Nc2nn(C3CCCC[C@@H]3C#N)cc2C(N)=O)cc1B1OC(C)(C)C(C)(C)O1.[B].[H-].[Na+]. The van der Waals surface area contributed by atoms with Gasteiger partial charge >= 0.3 is 49.8 Å². The van der Waals surface area contributed by atoms with Crippen LogP contribution in [-0.4, -0.2) is 89.9 Å². The van der Waals surface area contributed by atoms with Gasteiger partial charge in [0, 0.05) is 38.8 Å². The second-order valence-electron chi connectivity index (χ2n) is 17.2. The van der Waals surface area contributed by atoms with E-state index in [-0.39, 0.29) is 87.7 Å². The number of anilines is 4. The van der Waals surface area contributed by atoms with Crippen molar-refractivity contribution in [3.8, 4) is 12.1 Å². The van der Waals surface area contributed by atoms with E-state index in [9.17, 15) is 29.9 Å². The molecule has 3 radical (unpaired) electrons. The summed E-state index contributed by atoms with van der Waals surface area (Å²) in [5, 5.41) is 44.4. The number of rotatable bonds is 13. The van der Waals surface area contributed by atoms with Gasteiger partial charge in [-0.25, -0.2) is 4.79 Å². The van der Waals surface area contributed by atoms with Gasteiger partial charge in [-0.15, -0.1) is 0 Å². The van der Waals surface area contributed by atoms with Gasteiger partial charge in [-0.3, -0.25) is 19.0 Å². The fraction of sp³-hybridized carbons (Fsp3) is 0.489. The molecule has 22 heteroatoms. The number of nitrogens with zero attached hydrogens (tertiary/aromatic N) is 6. The van der Waals surface area contributed by atoms with Gasteiger partial charge in [-0.2, -0.15) is 20.7 Å². The van der Waals surface area contributed by atoms with Gasteiger partial charge in [-0.1, -0.05) is 45.2 Å². The first-order valence-corrected chi connectivity index (χ1v) is 21.6. The summed E-state index contributed by atoms with van der Waals surface area (Å²) < 4.78 is 25.9. The van der Waals surface area contributed by atoms with Gasteiger partial charge < -0.3 is 47.3 Å². The van der Waals surface area contributed by atoms with E-state index in [1.54, 1.807) is 71.1 Å². The maximum Gasteiger partial charge on any atom is 1.00 e. The summed E-state index contributed by atoms with van der Waals surface area (Å²) in [6, 6.07) is 16.6. The molecule has 2 amide bonds. The minimum Gasteiger partial charge on any atom is -1.00 e. The number of hydrogen-bond acceptors (Lipinski definition) is 14. The third-order valence-electron chi connectivity index (χ3n) is 12.5. The van der Waals surface area contributed by atoms with Crippen molar-refractivity contribution in [2.75, 3.05) is 24.4 Å². The molecule has 0 bridgehead atoms. The molecule has 2 aromatic heterocycles. The molecule has 349 valence electrons. The smallest absolute Gasteiger partial charge is 1.00 e. The average Bonchev–Trinajstić information content (AvgIpc) is 3.96. The zero-order valence-corrected chi connectivity index (χ0v) is 40.7. The van der Waals surface area contributed by atoms with E-state index in [1.165, 1.54) is 7.11 Å². The van der Waals surface area contributed by atoms with Crippen molar-refractivity contribution >= 4 is 74.4 Å². The van der Waals surface area contributed by atoms with Crippen LogP contribution in [0.5, 0.6) is 0 Å². The van der Waals surface area contributed by atoms with Crippen LogP contribution in [0.2, 0.25) is 0 Å². The Morgan fingerprint density at radius 3 is 1.78 bits per heavy atom. The molecule has 0 spiro atoms. The fourth-order valence-electron chi connectivity index (χ4n) is 8.22. The number of methoxy groups -OCH3 is 1. The Labute approximate surface area is 419 Å². The number of benzene rings is 2. The molecular formula is C45H61B3N10NaO8. The third-order valence-corrected chi connectivity index (χ3v) is 12.5. The first kappa shape index (κ1) is 56.2. The number of amides is 2. The maximum atomic E-state index is 12.5. The van der Waals surface area contributed by atoms with Crippen LogP contribution in [0, 0.1) is 34.5 Å². The molecule has 1 aliphatic heterocycles. The number of aromatic nitrogens is 4. The minimum absolute atomic E-state index is 0. The molecule has 67 heavy (non-hydrogen) atoms. The van der Waals surface area contributed by atoms with Crippen LogP contribution in [-0.2, 0) is 18.7 Å². The third kappa shape index (κ3) is 12.9. The van der Waals surface area contributed by atoms with Crippen molar-refractivity contribution in [1.82, 2.24) is 19.6 Å². The summed E-state index contributed by atoms with van der Waals surface area (Å²) in [7, 11) is -0.523. The summed E-state index contributed by atoms with van der Waals surface area (Å²) in [4.78, 5) is 36.7. The molecule has 3 aliphatic rings. The molecule has 3 fully saturated rings. The standard InChI is InChI=1S/C25H32BN5O5.C19H24BN5O3.CH4.B.Na.H/c1-24(2)25(3,4)36-26(35-24)19-12-16(10-11-17(19)23(33)34-5)29-22-18(21(28)32)14-31(30-22)20-9-7-6-8-15(20)13-27;1-2-28-20(27)14-7-5-8-15(10-14)23-19-16(18(22)26)12-25(24-19)17-9-4-3-6-13(17)11-21;;;;/h10-12,14-15,20H,6-9H2,1-5H3,(H2,28,32)(H,29,30);5,7-8,10,12-13,17,27H,2-4,6,9H2,1H3,(H2,22,26)(H,23,24);1H4;;;/q;;;;+1;-1/t15-,20?;13-,17?;;;;/m11..../s1. The van der Waals surface area contributed by atoms with E-state index >= 15 is 0 Å². The van der Waals surface area contributed by atoms with Gasteiger partial charge in [0.15, 0.2) is 11.6 Å². The van der Waals surface area contributed by atoms with Crippen molar-refractivity contribution in [3.63, 3.8) is 0 Å². The van der Waals surface area contributed by atoms with Crippen LogP contribution in [0.3, 0.4) is 0 Å². The summed E-state index contributed by atoms with van der Waals surface area (Å²) in [6.45, 7) is 9.90. The van der Waals surface area contributed by atoms with Gasteiger partial charge in [0.1, 0.15) is 11.1 Å². The number of ether oxygens (including phenoxy) is 1. The number of esters is 1. The molecule has 7 rings (SSSR count). The molecule has 2 unspecified atom stereocenters. The van der Waals surface area contributed by atoms with E-state index in [1.807, 2.05) is 27.7 Å². The summed E-state index contributed by atoms with van der Waals surface area (Å²) in [5.41, 5.74) is 13.0. The minimum atomic E-state index is -1.03. The molecule has 18 nitrogen and oxygen atoms in total. The van der Waals surface area contributed by atoms with E-state index in [4.69, 9.17) is 30.2 Å². The summed E-state index contributed by atoms with van der Waals surface area (Å²) in [5.74, 6) is -1.45. The molecule has 2 aromatic carbocycles. The number of nitrogens with one attached hydrogen (secondary N) is 2. The normalized spacial score (nSPS) is 20.1. The van der Waals surface area contributed by atoms with Crippen molar-refractivity contribution in [2.45, 2.75) is 117 Å². The second-order valence-corrected chi connectivity index (χ2v) is 17.2. The molecule has 1 saturated heterocycles. The van der Waals surface area contributed by atoms with Gasteiger partial charge in [-0.05, 0) is 102 Å². The van der Waals surface area contributed by atoms with Crippen LogP contribution >= 0.6 is 0 Å². The first-order chi connectivity index (χ1) is 30.5. The number of carbonyl (C=O) groups is 3. The zero-order valence-electron chi connectivity index (χ0n) is 39.7. The van der Waals surface area contributed by atoms with Crippen LogP contribution in [0.25, 0.3) is 0 Å². The quantitative estimate of drug-likeness (QED) is 0.0951. The van der Waals surface area contributed by atoms with E-state index in [2.05, 4.69) is 33.0 Å². The molecule has 4 atom stereocenters. The number of primary amides is 2. The Morgan fingerprint density at radius 1 is 0.851 bits per heavy atom. The number of nitriles is 2. The van der Waals surface area contributed by atoms with Gasteiger partial charge in [0.05, 0.1) is 59.9 Å². The van der Waals surface area contributed by atoms with Crippen LogP contribution in [0.15, 0.2) is 54.9 Å². The number of hydrogen-bond donors (Lipinski definition) is 5. The maximum absolute atomic E-state index is 12.5. The van der Waals surface area contributed by atoms with Crippen molar-refractivity contribution < 1.29 is 69.1 Å². The summed E-state index contributed by atoms with van der Waals surface area (Å²) >= 11 is 0. The molecule has 7 N–H and O–H groups in total. The second kappa shape index (κ2) is 24.3. The first-order valence-electron chi connectivity index (χ1n) is 21.6. The van der Waals surface area contributed by atoms with Gasteiger partial charge in [0.2, 0.25) is 0 Å². The number of carbonyl (C=O) groups excluding carboxylic acids is 3. The van der Waals surface area contributed by atoms with Crippen molar-refractivity contribution in [1.29, 1.82) is 10.5 Å². The van der Waals surface area contributed by atoms with E-state index in [0.29, 0.717) is 40.3 Å². The van der Waals surface area contributed by atoms with E-state index in [0.717, 1.165) is 51.4 Å². The molecule has 3 heterocycles. The Hall–Kier alpha value is -5.12. The summed E-state index contributed by atoms with van der Waals surface area (Å²) in [6.07, 6.45) is 10.5. The Morgan fingerprint density at radius 2 is 1.33 bits per heavy atom.